The molecule has 2 aliphatic heterocycles. The first kappa shape index (κ1) is 14.2. The van der Waals surface area contributed by atoms with E-state index in [4.69, 9.17) is 15.2 Å². The van der Waals surface area contributed by atoms with Gasteiger partial charge in [-0.2, -0.15) is 0 Å². The van der Waals surface area contributed by atoms with Crippen LogP contribution in [0.2, 0.25) is 0 Å². The monoisotopic (exact) mass is 257 g/mol. The average molecular weight is 257 g/mol. The molecular formula is C13H27N3O2. The van der Waals surface area contributed by atoms with Crippen molar-refractivity contribution < 1.29 is 9.47 Å². The molecule has 0 amide bonds. The average Bonchev–Trinajstić information content (AvgIpc) is 2.80. The number of nitrogens with zero attached hydrogens (tertiary/aromatic N) is 2. The van der Waals surface area contributed by atoms with Crippen LogP contribution >= 0.6 is 0 Å². The number of rotatable bonds is 5. The second-order valence-electron chi connectivity index (χ2n) is 5.49. The van der Waals surface area contributed by atoms with Crippen LogP contribution in [-0.4, -0.2) is 81.5 Å². The minimum atomic E-state index is 0.227. The molecule has 2 atom stereocenters. The lowest BCUT2D eigenvalue weighted by molar-refractivity contribution is -0.00461. The Hall–Kier alpha value is -0.200. The molecule has 0 radical (unpaired) electrons. The third-order valence-corrected chi connectivity index (χ3v) is 4.26. The molecule has 0 bridgehead atoms. The topological polar surface area (TPSA) is 51.0 Å². The van der Waals surface area contributed by atoms with E-state index in [1.165, 1.54) is 0 Å². The smallest absolute Gasteiger partial charge is 0.0971 e. The highest BCUT2D eigenvalue weighted by Crippen LogP contribution is 2.16. The Labute approximate surface area is 110 Å². The number of methoxy groups -OCH3 is 2. The first-order valence-corrected chi connectivity index (χ1v) is 6.98. The minimum Gasteiger partial charge on any atom is -0.377 e. The van der Waals surface area contributed by atoms with E-state index in [0.29, 0.717) is 6.04 Å². The molecule has 18 heavy (non-hydrogen) atoms. The maximum Gasteiger partial charge on any atom is 0.0971 e. The third-order valence-electron chi connectivity index (χ3n) is 4.26. The molecule has 2 fully saturated rings. The van der Waals surface area contributed by atoms with Crippen LogP contribution in [0.1, 0.15) is 12.8 Å². The van der Waals surface area contributed by atoms with Gasteiger partial charge in [0, 0.05) is 46.4 Å². The van der Waals surface area contributed by atoms with Crippen molar-refractivity contribution in [3.63, 3.8) is 0 Å². The Bertz CT molecular complexity index is 232. The summed E-state index contributed by atoms with van der Waals surface area (Å²) in [4.78, 5) is 4.96. The summed E-state index contributed by atoms with van der Waals surface area (Å²) in [6.45, 7) is 6.52. The molecule has 5 nitrogen and oxygen atoms in total. The maximum absolute atomic E-state index is 5.92. The number of hydrogen-bond acceptors (Lipinski definition) is 5. The Morgan fingerprint density at radius 2 is 1.44 bits per heavy atom. The van der Waals surface area contributed by atoms with Crippen molar-refractivity contribution in [3.8, 4) is 0 Å². The summed E-state index contributed by atoms with van der Waals surface area (Å²) in [6, 6.07) is 0.420. The van der Waals surface area contributed by atoms with E-state index in [1.54, 1.807) is 14.2 Å². The highest BCUT2D eigenvalue weighted by molar-refractivity contribution is 4.86. The molecular weight excluding hydrogens is 230 g/mol. The van der Waals surface area contributed by atoms with Gasteiger partial charge in [-0.3, -0.25) is 4.90 Å². The third kappa shape index (κ3) is 3.65. The largest absolute Gasteiger partial charge is 0.377 e. The predicted octanol–water partition coefficient (Wildman–Crippen LogP) is -0.245. The molecule has 2 saturated heterocycles. The van der Waals surface area contributed by atoms with Gasteiger partial charge in [0.2, 0.25) is 0 Å². The van der Waals surface area contributed by atoms with Gasteiger partial charge in [0.15, 0.2) is 0 Å². The molecule has 2 heterocycles. The van der Waals surface area contributed by atoms with Crippen LogP contribution < -0.4 is 5.73 Å². The molecule has 0 spiro atoms. The molecule has 2 aliphatic rings. The van der Waals surface area contributed by atoms with Crippen LogP contribution in [-0.2, 0) is 9.47 Å². The van der Waals surface area contributed by atoms with Crippen molar-refractivity contribution in [2.75, 3.05) is 53.5 Å². The van der Waals surface area contributed by atoms with Crippen LogP contribution in [0.3, 0.4) is 0 Å². The van der Waals surface area contributed by atoms with Crippen molar-refractivity contribution in [3.05, 3.63) is 0 Å². The molecule has 106 valence electrons. The van der Waals surface area contributed by atoms with Gasteiger partial charge in [-0.1, -0.05) is 0 Å². The molecule has 2 N–H and O–H groups in total. The van der Waals surface area contributed by atoms with Gasteiger partial charge >= 0.3 is 0 Å². The summed E-state index contributed by atoms with van der Waals surface area (Å²) in [7, 11) is 3.54. The number of hydrogen-bond donors (Lipinski definition) is 1. The summed E-state index contributed by atoms with van der Waals surface area (Å²) in [5, 5.41) is 0. The van der Waals surface area contributed by atoms with Gasteiger partial charge < -0.3 is 20.1 Å². The Morgan fingerprint density at radius 3 is 1.94 bits per heavy atom. The molecule has 0 aromatic carbocycles. The fourth-order valence-electron chi connectivity index (χ4n) is 2.91. The molecule has 0 saturated carbocycles. The number of ether oxygens (including phenoxy) is 2. The Balaban J connectivity index is 1.68. The first-order valence-electron chi connectivity index (χ1n) is 6.98. The molecule has 2 rings (SSSR count). The quantitative estimate of drug-likeness (QED) is 0.736. The lowest BCUT2D eigenvalue weighted by atomic mass is 10.1. The fourth-order valence-corrected chi connectivity index (χ4v) is 2.91. The van der Waals surface area contributed by atoms with Gasteiger partial charge in [0.05, 0.1) is 12.2 Å². The number of likely N-dealkylation sites (tertiary alicyclic amines) is 2. The van der Waals surface area contributed by atoms with Crippen molar-refractivity contribution >= 4 is 0 Å². The second kappa shape index (κ2) is 6.82. The Morgan fingerprint density at radius 1 is 0.944 bits per heavy atom. The second-order valence-corrected chi connectivity index (χ2v) is 5.49. The summed E-state index contributed by atoms with van der Waals surface area (Å²) in [5.74, 6) is 0. The van der Waals surface area contributed by atoms with Crippen LogP contribution in [0.25, 0.3) is 0 Å². The minimum absolute atomic E-state index is 0.227. The van der Waals surface area contributed by atoms with Crippen LogP contribution in [0.5, 0.6) is 0 Å². The fraction of sp³-hybridized carbons (Fsp3) is 1.00. The zero-order chi connectivity index (χ0) is 13.0. The van der Waals surface area contributed by atoms with Crippen molar-refractivity contribution in [2.45, 2.75) is 31.1 Å². The van der Waals surface area contributed by atoms with E-state index in [-0.39, 0.29) is 12.2 Å². The van der Waals surface area contributed by atoms with E-state index in [2.05, 4.69) is 9.80 Å². The standard InChI is InChI=1S/C13H27N3O2/c1-17-12-9-16(10-13(12)18-2)8-7-15-5-3-11(14)4-6-15/h11-13H,3-10,14H2,1-2H3. The summed E-state index contributed by atoms with van der Waals surface area (Å²) in [5.41, 5.74) is 5.92. The first-order chi connectivity index (χ1) is 8.72. The molecule has 5 heteroatoms. The Kier molecular flexibility index (Phi) is 5.38. The van der Waals surface area contributed by atoms with Crippen LogP contribution in [0, 0.1) is 0 Å². The molecule has 2 unspecified atom stereocenters. The van der Waals surface area contributed by atoms with E-state index < -0.39 is 0 Å². The highest BCUT2D eigenvalue weighted by Gasteiger charge is 2.32. The van der Waals surface area contributed by atoms with Gasteiger partial charge in [-0.25, -0.2) is 0 Å². The summed E-state index contributed by atoms with van der Waals surface area (Å²) >= 11 is 0. The lowest BCUT2D eigenvalue weighted by Gasteiger charge is -2.31. The highest BCUT2D eigenvalue weighted by atomic mass is 16.5. The number of nitrogens with two attached hydrogens (primary N) is 1. The van der Waals surface area contributed by atoms with Crippen molar-refractivity contribution in [1.29, 1.82) is 0 Å². The zero-order valence-electron chi connectivity index (χ0n) is 11.7. The predicted molar refractivity (Wildman–Crippen MR) is 71.7 cm³/mol. The molecule has 0 aromatic heterocycles. The summed E-state index contributed by atoms with van der Waals surface area (Å²) < 4.78 is 10.9. The number of piperidine rings is 1. The maximum atomic E-state index is 5.92. The van der Waals surface area contributed by atoms with Crippen LogP contribution in [0.15, 0.2) is 0 Å². The normalized spacial score (nSPS) is 32.2. The SMILES string of the molecule is COC1CN(CCN2CCC(N)CC2)CC1OC. The van der Waals surface area contributed by atoms with Gasteiger partial charge in [-0.15, -0.1) is 0 Å². The van der Waals surface area contributed by atoms with E-state index in [1.807, 2.05) is 0 Å². The van der Waals surface area contributed by atoms with E-state index in [0.717, 1.165) is 52.1 Å². The van der Waals surface area contributed by atoms with Crippen molar-refractivity contribution in [2.24, 2.45) is 5.73 Å². The molecule has 0 aliphatic carbocycles. The van der Waals surface area contributed by atoms with E-state index in [9.17, 15) is 0 Å². The van der Waals surface area contributed by atoms with Crippen molar-refractivity contribution in [1.82, 2.24) is 9.80 Å². The van der Waals surface area contributed by atoms with Gasteiger partial charge in [-0.05, 0) is 25.9 Å². The van der Waals surface area contributed by atoms with Crippen LogP contribution in [0.4, 0.5) is 0 Å². The lowest BCUT2D eigenvalue weighted by Crippen LogP contribution is -2.43. The molecule has 0 aromatic rings. The summed E-state index contributed by atoms with van der Waals surface area (Å²) in [6.07, 6.45) is 2.73. The zero-order valence-corrected chi connectivity index (χ0v) is 11.7. The van der Waals surface area contributed by atoms with E-state index >= 15 is 0 Å². The van der Waals surface area contributed by atoms with Gasteiger partial charge in [0.1, 0.15) is 0 Å². The van der Waals surface area contributed by atoms with Gasteiger partial charge in [0.25, 0.3) is 0 Å².